The highest BCUT2D eigenvalue weighted by molar-refractivity contribution is 5.74. The van der Waals surface area contributed by atoms with Crippen molar-refractivity contribution in [2.75, 3.05) is 24.6 Å². The fourth-order valence-electron chi connectivity index (χ4n) is 3.28. The normalized spacial score (nSPS) is 18.0. The molecule has 1 aliphatic rings. The van der Waals surface area contributed by atoms with Gasteiger partial charge in [0.1, 0.15) is 11.8 Å². The Morgan fingerprint density at radius 2 is 2.10 bits per heavy atom. The summed E-state index contributed by atoms with van der Waals surface area (Å²) >= 11 is 0. The Bertz CT molecular complexity index is 1110. The first-order valence-corrected chi connectivity index (χ1v) is 9.11. The Kier molecular flexibility index (Phi) is 5.12. The van der Waals surface area contributed by atoms with Gasteiger partial charge >= 0.3 is 6.18 Å². The van der Waals surface area contributed by atoms with E-state index in [9.17, 15) is 13.2 Å². The Morgan fingerprint density at radius 3 is 2.83 bits per heavy atom. The van der Waals surface area contributed by atoms with Gasteiger partial charge in [0.2, 0.25) is 5.95 Å². The summed E-state index contributed by atoms with van der Waals surface area (Å²) in [6.07, 6.45) is 2.06. The van der Waals surface area contributed by atoms with Crippen molar-refractivity contribution in [1.82, 2.24) is 19.4 Å². The lowest BCUT2D eigenvalue weighted by atomic mass is 10.1. The summed E-state index contributed by atoms with van der Waals surface area (Å²) in [5.41, 5.74) is 6.75. The Balaban J connectivity index is 1.68. The molecule has 1 atom stereocenters. The summed E-state index contributed by atoms with van der Waals surface area (Å²) < 4.78 is 46.4. The molecule has 1 saturated heterocycles. The molecule has 0 bridgehead atoms. The van der Waals surface area contributed by atoms with Crippen LogP contribution < -0.4 is 16.0 Å². The van der Waals surface area contributed by atoms with Crippen molar-refractivity contribution in [2.24, 2.45) is 5.73 Å². The van der Waals surface area contributed by atoms with Crippen LogP contribution in [0.25, 0.3) is 17.0 Å². The van der Waals surface area contributed by atoms with E-state index >= 15 is 0 Å². The maximum absolute atomic E-state index is 13.1. The van der Waals surface area contributed by atoms with Crippen LogP contribution in [0.3, 0.4) is 0 Å². The number of anilines is 1. The molecule has 11 heteroatoms. The third-order valence-corrected chi connectivity index (χ3v) is 4.84. The van der Waals surface area contributed by atoms with E-state index in [1.807, 2.05) is 4.90 Å². The standard InChI is InChI=1S/C19H18F3N7O/c20-19(21,22)13-1-2-17-26-9-15(29(17)10-13)14-3-4-25-18(27-14)28-5-6-30-16(11-28)12(7-23)8-24/h1-4,7-10,16,23H,5-6,11,24H2/p+1/b12-8+,23-7?. The maximum Gasteiger partial charge on any atom is 0.417 e. The molecule has 0 amide bonds. The summed E-state index contributed by atoms with van der Waals surface area (Å²) in [6.45, 7) is 1.41. The number of pyridine rings is 1. The second-order valence-electron chi connectivity index (χ2n) is 6.67. The number of halogens is 3. The van der Waals surface area contributed by atoms with Crippen molar-refractivity contribution >= 4 is 17.8 Å². The first-order valence-electron chi connectivity index (χ1n) is 9.11. The molecular formula is C19H19F3N7O+. The third-order valence-electron chi connectivity index (χ3n) is 4.84. The minimum absolute atomic E-state index is 0.328. The molecule has 4 rings (SSSR count). The van der Waals surface area contributed by atoms with Crippen LogP contribution in [0.1, 0.15) is 5.56 Å². The molecule has 0 aliphatic carbocycles. The first kappa shape index (κ1) is 19.8. The number of fused-ring (bicyclic) bond motifs is 1. The molecule has 3 aromatic heterocycles. The lowest BCUT2D eigenvalue weighted by Gasteiger charge is -2.32. The molecule has 30 heavy (non-hydrogen) atoms. The largest absolute Gasteiger partial charge is 0.417 e. The Labute approximate surface area is 169 Å². The van der Waals surface area contributed by atoms with Crippen LogP contribution in [0.2, 0.25) is 0 Å². The molecule has 8 nitrogen and oxygen atoms in total. The van der Waals surface area contributed by atoms with Crippen molar-refractivity contribution in [3.05, 3.63) is 54.1 Å². The van der Waals surface area contributed by atoms with Gasteiger partial charge in [0.15, 0.2) is 6.21 Å². The second kappa shape index (κ2) is 7.75. The van der Waals surface area contributed by atoms with Gasteiger partial charge in [0, 0.05) is 25.1 Å². The van der Waals surface area contributed by atoms with E-state index in [-0.39, 0.29) is 6.10 Å². The van der Waals surface area contributed by atoms with Gasteiger partial charge < -0.3 is 15.4 Å². The molecule has 4 heterocycles. The van der Waals surface area contributed by atoms with Gasteiger partial charge in [0.25, 0.3) is 0 Å². The number of nitrogens with zero attached hydrogens (tertiary/aromatic N) is 5. The van der Waals surface area contributed by atoms with E-state index in [1.54, 1.807) is 12.3 Å². The highest BCUT2D eigenvalue weighted by Crippen LogP contribution is 2.30. The van der Waals surface area contributed by atoms with Crippen LogP contribution in [-0.4, -0.2) is 51.4 Å². The number of hydrogen-bond donors (Lipinski definition) is 2. The van der Waals surface area contributed by atoms with Gasteiger partial charge in [-0.2, -0.15) is 13.2 Å². The molecule has 3 aromatic rings. The van der Waals surface area contributed by atoms with E-state index in [2.05, 4.69) is 15.0 Å². The summed E-state index contributed by atoms with van der Waals surface area (Å²) in [5.74, 6) is 0.427. The molecular weight excluding hydrogens is 399 g/mol. The zero-order valence-electron chi connectivity index (χ0n) is 15.8. The number of imidazole rings is 1. The molecule has 0 radical (unpaired) electrons. The predicted molar refractivity (Wildman–Crippen MR) is 103 cm³/mol. The van der Waals surface area contributed by atoms with E-state index in [0.29, 0.717) is 48.3 Å². The lowest BCUT2D eigenvalue weighted by Crippen LogP contribution is -2.46. The van der Waals surface area contributed by atoms with E-state index in [4.69, 9.17) is 15.9 Å². The Hall–Kier alpha value is -3.47. The summed E-state index contributed by atoms with van der Waals surface area (Å²) in [4.78, 5) is 15.0. The zero-order valence-corrected chi connectivity index (χ0v) is 15.8. The van der Waals surface area contributed by atoms with Gasteiger partial charge in [-0.25, -0.2) is 15.0 Å². The van der Waals surface area contributed by atoms with Crippen LogP contribution in [0, 0.1) is 0 Å². The van der Waals surface area contributed by atoms with Crippen molar-refractivity contribution in [2.45, 2.75) is 12.3 Å². The number of ether oxygens (including phenoxy) is 1. The van der Waals surface area contributed by atoms with Crippen LogP contribution >= 0.6 is 0 Å². The molecule has 0 saturated carbocycles. The summed E-state index contributed by atoms with van der Waals surface area (Å²) in [5, 5.41) is 5.59. The molecule has 4 N–H and O–H groups in total. The van der Waals surface area contributed by atoms with Gasteiger partial charge in [-0.1, -0.05) is 0 Å². The molecule has 1 unspecified atom stereocenters. The molecule has 1 aliphatic heterocycles. The molecule has 1 fully saturated rings. The van der Waals surface area contributed by atoms with Gasteiger partial charge in [-0.3, -0.25) is 9.81 Å². The number of aromatic nitrogens is 4. The average Bonchev–Trinajstić information content (AvgIpc) is 3.18. The second-order valence-corrected chi connectivity index (χ2v) is 6.67. The van der Waals surface area contributed by atoms with Crippen molar-refractivity contribution in [3.8, 4) is 11.4 Å². The summed E-state index contributed by atoms with van der Waals surface area (Å²) in [7, 11) is 0. The van der Waals surface area contributed by atoms with Gasteiger partial charge in [-0.05, 0) is 18.2 Å². The fraction of sp³-hybridized carbons (Fsp3) is 0.263. The average molecular weight is 418 g/mol. The van der Waals surface area contributed by atoms with Crippen molar-refractivity contribution in [1.29, 1.82) is 0 Å². The van der Waals surface area contributed by atoms with E-state index in [1.165, 1.54) is 29.1 Å². The van der Waals surface area contributed by atoms with Crippen LogP contribution in [0.5, 0.6) is 0 Å². The van der Waals surface area contributed by atoms with Crippen molar-refractivity contribution in [3.63, 3.8) is 0 Å². The quantitative estimate of drug-likeness (QED) is 0.604. The number of alkyl halides is 3. The topological polar surface area (TPSA) is 107 Å². The number of rotatable bonds is 4. The molecule has 0 aromatic carbocycles. The molecule has 156 valence electrons. The van der Waals surface area contributed by atoms with E-state index < -0.39 is 11.7 Å². The zero-order chi connectivity index (χ0) is 21.3. The predicted octanol–water partition coefficient (Wildman–Crippen LogP) is 0.688. The third kappa shape index (κ3) is 3.71. The van der Waals surface area contributed by atoms with Crippen LogP contribution in [0.4, 0.5) is 19.1 Å². The SMILES string of the molecule is N/C=C(\C=[NH2+])C1CN(c2nccc(-c3cnc4ccc(C(F)(F)F)cn34)n2)CCO1. The van der Waals surface area contributed by atoms with Gasteiger partial charge in [0.05, 0.1) is 41.9 Å². The number of hydrogen-bond acceptors (Lipinski definition) is 6. The maximum atomic E-state index is 13.1. The highest BCUT2D eigenvalue weighted by Gasteiger charge is 2.31. The monoisotopic (exact) mass is 418 g/mol. The summed E-state index contributed by atoms with van der Waals surface area (Å²) in [6, 6.07) is 3.96. The minimum atomic E-state index is -4.45. The minimum Gasteiger partial charge on any atom is -0.404 e. The molecule has 0 spiro atoms. The van der Waals surface area contributed by atoms with Crippen LogP contribution in [-0.2, 0) is 10.9 Å². The Morgan fingerprint density at radius 1 is 1.27 bits per heavy atom. The number of nitrogens with two attached hydrogens (primary N) is 2. The van der Waals surface area contributed by atoms with Crippen LogP contribution in [0.15, 0.2) is 48.6 Å². The smallest absolute Gasteiger partial charge is 0.404 e. The fourth-order valence-corrected chi connectivity index (χ4v) is 3.28. The highest BCUT2D eigenvalue weighted by atomic mass is 19.4. The lowest BCUT2D eigenvalue weighted by molar-refractivity contribution is -0.137. The first-order chi connectivity index (χ1) is 14.4. The van der Waals surface area contributed by atoms with Crippen molar-refractivity contribution < 1.29 is 23.3 Å². The van der Waals surface area contributed by atoms with Gasteiger partial charge in [-0.15, -0.1) is 0 Å². The number of morpholine rings is 1. The van der Waals surface area contributed by atoms with E-state index in [0.717, 1.165) is 12.3 Å².